The monoisotopic (exact) mass is 239 g/mol. The first-order valence-corrected chi connectivity index (χ1v) is 6.31. The maximum Gasteiger partial charge on any atom is 0.238 e. The van der Waals surface area contributed by atoms with Crippen molar-refractivity contribution in [2.24, 2.45) is 11.3 Å². The van der Waals surface area contributed by atoms with Gasteiger partial charge in [0.1, 0.15) is 6.04 Å². The van der Waals surface area contributed by atoms with E-state index in [-0.39, 0.29) is 24.4 Å². The van der Waals surface area contributed by atoms with Crippen molar-refractivity contribution in [3.8, 4) is 0 Å². The van der Waals surface area contributed by atoms with Gasteiger partial charge in [-0.15, -0.1) is 0 Å². The maximum absolute atomic E-state index is 11.9. The predicted octanol–water partition coefficient (Wildman–Crippen LogP) is -0.373. The summed E-state index contributed by atoms with van der Waals surface area (Å²) < 4.78 is 0. The van der Waals surface area contributed by atoms with E-state index in [1.165, 1.54) is 12.8 Å². The molecule has 1 aliphatic heterocycles. The van der Waals surface area contributed by atoms with E-state index >= 15 is 0 Å². The largest absolute Gasteiger partial charge is 0.354 e. The van der Waals surface area contributed by atoms with Crippen molar-refractivity contribution in [2.75, 3.05) is 19.6 Å². The van der Waals surface area contributed by atoms with Gasteiger partial charge in [-0.1, -0.05) is 13.8 Å². The van der Waals surface area contributed by atoms with E-state index in [4.69, 9.17) is 0 Å². The Balaban J connectivity index is 1.76. The second-order valence-corrected chi connectivity index (χ2v) is 5.47. The van der Waals surface area contributed by atoms with E-state index in [0.29, 0.717) is 17.9 Å². The van der Waals surface area contributed by atoms with Gasteiger partial charge in [-0.3, -0.25) is 14.9 Å². The Bertz CT molecular complexity index is 314. The Morgan fingerprint density at radius 3 is 2.71 bits per heavy atom. The first-order chi connectivity index (χ1) is 8.03. The molecule has 0 aromatic rings. The molecule has 0 aromatic carbocycles. The Hall–Kier alpha value is -1.10. The number of hydrogen-bond donors (Lipinski definition) is 3. The molecule has 1 saturated heterocycles. The molecule has 3 N–H and O–H groups in total. The van der Waals surface area contributed by atoms with Crippen molar-refractivity contribution in [3.63, 3.8) is 0 Å². The third-order valence-electron chi connectivity index (χ3n) is 4.06. The Kier molecular flexibility index (Phi) is 3.38. The highest BCUT2D eigenvalue weighted by Gasteiger charge is 2.45. The Morgan fingerprint density at radius 2 is 2.24 bits per heavy atom. The van der Waals surface area contributed by atoms with Gasteiger partial charge in [0, 0.05) is 13.1 Å². The summed E-state index contributed by atoms with van der Waals surface area (Å²) in [5.41, 5.74) is 0.327. The fourth-order valence-electron chi connectivity index (χ4n) is 2.26. The first kappa shape index (κ1) is 12.4. The van der Waals surface area contributed by atoms with Crippen molar-refractivity contribution < 1.29 is 9.59 Å². The second kappa shape index (κ2) is 4.64. The lowest BCUT2D eigenvalue weighted by Crippen LogP contribution is -2.58. The second-order valence-electron chi connectivity index (χ2n) is 5.47. The number of rotatable bonds is 4. The van der Waals surface area contributed by atoms with Crippen LogP contribution in [0.1, 0.15) is 26.7 Å². The van der Waals surface area contributed by atoms with Crippen molar-refractivity contribution in [2.45, 2.75) is 32.7 Å². The summed E-state index contributed by atoms with van der Waals surface area (Å²) in [6.07, 6.45) is 2.42. The Morgan fingerprint density at radius 1 is 1.53 bits per heavy atom. The van der Waals surface area contributed by atoms with E-state index in [1.807, 2.05) is 0 Å². The van der Waals surface area contributed by atoms with Crippen LogP contribution in [0.4, 0.5) is 0 Å². The van der Waals surface area contributed by atoms with Gasteiger partial charge >= 0.3 is 0 Å². The van der Waals surface area contributed by atoms with Gasteiger partial charge in [-0.2, -0.15) is 0 Å². The first-order valence-electron chi connectivity index (χ1n) is 6.31. The number of hydrogen-bond acceptors (Lipinski definition) is 3. The molecule has 96 valence electrons. The van der Waals surface area contributed by atoms with Crippen molar-refractivity contribution >= 4 is 11.8 Å². The summed E-state index contributed by atoms with van der Waals surface area (Å²) >= 11 is 0. The SMILES string of the molecule is CC(C)C1(CNC(=O)C2CNC(=O)CN2)CC1. The van der Waals surface area contributed by atoms with Crippen LogP contribution in [0, 0.1) is 11.3 Å². The smallest absolute Gasteiger partial charge is 0.238 e. The molecular weight excluding hydrogens is 218 g/mol. The molecule has 0 bridgehead atoms. The van der Waals surface area contributed by atoms with Crippen LogP contribution in [0.25, 0.3) is 0 Å². The quantitative estimate of drug-likeness (QED) is 0.627. The molecule has 1 unspecified atom stereocenters. The summed E-state index contributed by atoms with van der Waals surface area (Å²) in [4.78, 5) is 22.8. The van der Waals surface area contributed by atoms with E-state index in [1.54, 1.807) is 0 Å². The van der Waals surface area contributed by atoms with Crippen LogP contribution in [-0.4, -0.2) is 37.5 Å². The van der Waals surface area contributed by atoms with Crippen molar-refractivity contribution in [1.82, 2.24) is 16.0 Å². The van der Waals surface area contributed by atoms with E-state index < -0.39 is 0 Å². The molecule has 0 radical (unpaired) electrons. The van der Waals surface area contributed by atoms with E-state index in [0.717, 1.165) is 6.54 Å². The lowest BCUT2D eigenvalue weighted by Gasteiger charge is -2.25. The van der Waals surface area contributed by atoms with E-state index in [9.17, 15) is 9.59 Å². The standard InChI is InChI=1S/C12H21N3O2/c1-8(2)12(3-4-12)7-15-11(17)9-5-14-10(16)6-13-9/h8-9,13H,3-7H2,1-2H3,(H,14,16)(H,15,17). The van der Waals surface area contributed by atoms with Gasteiger partial charge in [0.25, 0.3) is 0 Å². The zero-order chi connectivity index (χ0) is 12.5. The van der Waals surface area contributed by atoms with Gasteiger partial charge in [0.15, 0.2) is 0 Å². The number of carbonyl (C=O) groups is 2. The third-order valence-corrected chi connectivity index (χ3v) is 4.06. The van der Waals surface area contributed by atoms with Gasteiger partial charge in [-0.05, 0) is 24.2 Å². The highest BCUT2D eigenvalue weighted by molar-refractivity contribution is 5.86. The summed E-state index contributed by atoms with van der Waals surface area (Å²) in [5, 5.41) is 8.62. The van der Waals surface area contributed by atoms with E-state index in [2.05, 4.69) is 29.8 Å². The molecule has 2 fully saturated rings. The molecule has 17 heavy (non-hydrogen) atoms. The van der Waals surface area contributed by atoms with Gasteiger partial charge in [-0.25, -0.2) is 0 Å². The fourth-order valence-corrected chi connectivity index (χ4v) is 2.26. The number of amides is 2. The molecule has 1 saturated carbocycles. The van der Waals surface area contributed by atoms with Crippen LogP contribution in [0.15, 0.2) is 0 Å². The summed E-state index contributed by atoms with van der Waals surface area (Å²) in [7, 11) is 0. The number of carbonyl (C=O) groups excluding carboxylic acids is 2. The maximum atomic E-state index is 11.9. The average Bonchev–Trinajstić information content (AvgIpc) is 3.08. The third kappa shape index (κ3) is 2.77. The van der Waals surface area contributed by atoms with Crippen LogP contribution < -0.4 is 16.0 Å². The molecule has 5 nitrogen and oxygen atoms in total. The minimum absolute atomic E-state index is 0.00285. The molecule has 1 atom stereocenters. The molecule has 0 aromatic heterocycles. The molecule has 1 aliphatic carbocycles. The molecule has 1 heterocycles. The van der Waals surface area contributed by atoms with Gasteiger partial charge < -0.3 is 10.6 Å². The molecule has 2 rings (SSSR count). The Labute approximate surface area is 102 Å². The van der Waals surface area contributed by atoms with Crippen LogP contribution in [0.3, 0.4) is 0 Å². The van der Waals surface area contributed by atoms with Gasteiger partial charge in [0.05, 0.1) is 6.54 Å². The zero-order valence-corrected chi connectivity index (χ0v) is 10.5. The lowest BCUT2D eigenvalue weighted by atomic mass is 9.92. The highest BCUT2D eigenvalue weighted by atomic mass is 16.2. The highest BCUT2D eigenvalue weighted by Crippen LogP contribution is 2.51. The fraction of sp³-hybridized carbons (Fsp3) is 0.833. The van der Waals surface area contributed by atoms with Gasteiger partial charge in [0.2, 0.25) is 11.8 Å². The molecular formula is C12H21N3O2. The molecule has 2 amide bonds. The average molecular weight is 239 g/mol. The lowest BCUT2D eigenvalue weighted by molar-refractivity contribution is -0.126. The topological polar surface area (TPSA) is 70.2 Å². The number of piperazine rings is 1. The molecule has 0 spiro atoms. The summed E-state index contributed by atoms with van der Waals surface area (Å²) in [6.45, 7) is 5.79. The predicted molar refractivity (Wildman–Crippen MR) is 64.3 cm³/mol. The minimum Gasteiger partial charge on any atom is -0.354 e. The van der Waals surface area contributed by atoms with Crippen LogP contribution in [0.5, 0.6) is 0 Å². The summed E-state index contributed by atoms with van der Waals surface area (Å²) in [5.74, 6) is 0.564. The minimum atomic E-state index is -0.282. The molecule has 2 aliphatic rings. The van der Waals surface area contributed by atoms with Crippen LogP contribution in [-0.2, 0) is 9.59 Å². The van der Waals surface area contributed by atoms with Crippen LogP contribution >= 0.6 is 0 Å². The molecule has 5 heteroatoms. The normalized spacial score (nSPS) is 26.5. The summed E-state index contributed by atoms with van der Waals surface area (Å²) in [6, 6.07) is -0.282. The zero-order valence-electron chi connectivity index (χ0n) is 10.5. The van der Waals surface area contributed by atoms with Crippen molar-refractivity contribution in [1.29, 1.82) is 0 Å². The number of nitrogens with one attached hydrogen (secondary N) is 3. The van der Waals surface area contributed by atoms with Crippen molar-refractivity contribution in [3.05, 3.63) is 0 Å². The van der Waals surface area contributed by atoms with Crippen LogP contribution in [0.2, 0.25) is 0 Å².